The molecule has 6 heteroatoms. The summed E-state index contributed by atoms with van der Waals surface area (Å²) in [5, 5.41) is 11.7. The Hall–Kier alpha value is -4.06. The largest absolute Gasteiger partial charge is 0.507 e. The number of nitrogens with zero attached hydrogens (tertiary/aromatic N) is 1. The molecule has 1 N–H and O–H groups in total. The van der Waals surface area contributed by atoms with Crippen molar-refractivity contribution in [3.8, 4) is 11.5 Å². The fraction of sp³-hybridized carbons (Fsp3) is 0.290. The van der Waals surface area contributed by atoms with E-state index >= 15 is 0 Å². The summed E-state index contributed by atoms with van der Waals surface area (Å²) in [6.45, 7) is 9.76. The number of aliphatic hydroxyl groups excluding tert-OH is 1. The van der Waals surface area contributed by atoms with Crippen molar-refractivity contribution in [3.63, 3.8) is 0 Å². The van der Waals surface area contributed by atoms with Gasteiger partial charge in [-0.25, -0.2) is 0 Å². The quantitative estimate of drug-likeness (QED) is 0.242. The van der Waals surface area contributed by atoms with E-state index in [1.807, 2.05) is 77.1 Å². The average Bonchev–Trinajstić information content (AvgIpc) is 3.14. The summed E-state index contributed by atoms with van der Waals surface area (Å²) in [6, 6.07) is 15.9. The number of carbonyl (C=O) groups is 2. The lowest BCUT2D eigenvalue weighted by molar-refractivity contribution is -0.132. The number of aliphatic hydroxyl groups is 1. The molecule has 1 unspecified atom stereocenters. The maximum absolute atomic E-state index is 13.6. The molecule has 1 aliphatic heterocycles. The van der Waals surface area contributed by atoms with Gasteiger partial charge >= 0.3 is 0 Å². The number of aryl methyl sites for hydroxylation is 3. The van der Waals surface area contributed by atoms with E-state index in [1.54, 1.807) is 26.4 Å². The molecule has 1 heterocycles. The third-order valence-corrected chi connectivity index (χ3v) is 6.93. The molecule has 0 spiro atoms. The third kappa shape index (κ3) is 4.59. The van der Waals surface area contributed by atoms with E-state index in [2.05, 4.69) is 0 Å². The molecule has 4 rings (SSSR count). The number of ketones is 1. The van der Waals surface area contributed by atoms with Crippen LogP contribution in [0.5, 0.6) is 11.5 Å². The number of ether oxygens (including phenoxy) is 2. The van der Waals surface area contributed by atoms with Crippen molar-refractivity contribution < 1.29 is 24.2 Å². The highest BCUT2D eigenvalue weighted by molar-refractivity contribution is 6.51. The molecule has 0 bridgehead atoms. The highest BCUT2D eigenvalue weighted by Gasteiger charge is 2.47. The number of rotatable bonds is 6. The molecule has 0 radical (unpaired) electrons. The van der Waals surface area contributed by atoms with Crippen LogP contribution in [0.1, 0.15) is 59.2 Å². The van der Waals surface area contributed by atoms with E-state index in [0.717, 1.165) is 22.3 Å². The van der Waals surface area contributed by atoms with E-state index in [9.17, 15) is 14.7 Å². The Kier molecular flexibility index (Phi) is 7.12. The predicted octanol–water partition coefficient (Wildman–Crippen LogP) is 6.38. The van der Waals surface area contributed by atoms with E-state index in [4.69, 9.17) is 9.47 Å². The highest BCUT2D eigenvalue weighted by Crippen LogP contribution is 2.45. The minimum Gasteiger partial charge on any atom is -0.507 e. The van der Waals surface area contributed by atoms with Crippen molar-refractivity contribution in [1.82, 2.24) is 0 Å². The Morgan fingerprint density at radius 3 is 2.30 bits per heavy atom. The monoisotopic (exact) mass is 499 g/mol. The molecular formula is C31H33NO5. The second-order valence-corrected chi connectivity index (χ2v) is 9.80. The lowest BCUT2D eigenvalue weighted by Crippen LogP contribution is -2.30. The van der Waals surface area contributed by atoms with Gasteiger partial charge < -0.3 is 14.6 Å². The average molecular weight is 500 g/mol. The maximum atomic E-state index is 13.6. The van der Waals surface area contributed by atoms with Crippen LogP contribution in [0, 0.1) is 20.8 Å². The zero-order chi connectivity index (χ0) is 27.0. The molecule has 0 saturated carbocycles. The number of Topliss-reactive ketones (excluding diaryl/α,β-unsaturated/α-hetero) is 1. The number of carbonyl (C=O) groups excluding carboxylic acids is 2. The van der Waals surface area contributed by atoms with Gasteiger partial charge in [-0.3, -0.25) is 14.5 Å². The van der Waals surface area contributed by atoms with Crippen LogP contribution in [0.3, 0.4) is 0 Å². The first-order chi connectivity index (χ1) is 17.6. The lowest BCUT2D eigenvalue weighted by Gasteiger charge is -2.27. The zero-order valence-electron chi connectivity index (χ0n) is 22.4. The fourth-order valence-corrected chi connectivity index (χ4v) is 4.91. The Balaban J connectivity index is 2.03. The van der Waals surface area contributed by atoms with Gasteiger partial charge in [0.1, 0.15) is 17.3 Å². The van der Waals surface area contributed by atoms with Crippen molar-refractivity contribution in [3.05, 3.63) is 93.6 Å². The summed E-state index contributed by atoms with van der Waals surface area (Å²) in [5.74, 6) is -0.198. The van der Waals surface area contributed by atoms with Crippen LogP contribution in [-0.2, 0) is 9.59 Å². The second kappa shape index (κ2) is 10.1. The summed E-state index contributed by atoms with van der Waals surface area (Å²) in [4.78, 5) is 28.7. The molecule has 3 aromatic carbocycles. The van der Waals surface area contributed by atoms with Gasteiger partial charge in [0.25, 0.3) is 11.7 Å². The maximum Gasteiger partial charge on any atom is 0.300 e. The van der Waals surface area contributed by atoms with Crippen LogP contribution in [0.25, 0.3) is 5.76 Å². The van der Waals surface area contributed by atoms with E-state index in [-0.39, 0.29) is 17.3 Å². The van der Waals surface area contributed by atoms with Gasteiger partial charge in [0.2, 0.25) is 0 Å². The minimum absolute atomic E-state index is 0.0436. The Labute approximate surface area is 218 Å². The molecule has 6 nitrogen and oxygen atoms in total. The highest BCUT2D eigenvalue weighted by atomic mass is 16.5. The molecule has 1 aliphatic rings. The zero-order valence-corrected chi connectivity index (χ0v) is 22.4. The molecule has 37 heavy (non-hydrogen) atoms. The van der Waals surface area contributed by atoms with E-state index in [1.165, 1.54) is 4.90 Å². The molecule has 1 fully saturated rings. The van der Waals surface area contributed by atoms with Gasteiger partial charge in [-0.05, 0) is 84.8 Å². The Morgan fingerprint density at radius 1 is 0.919 bits per heavy atom. The topological polar surface area (TPSA) is 76.1 Å². The van der Waals surface area contributed by atoms with E-state index in [0.29, 0.717) is 28.3 Å². The normalized spacial score (nSPS) is 17.0. The van der Waals surface area contributed by atoms with Gasteiger partial charge in [-0.1, -0.05) is 38.1 Å². The molecule has 3 aromatic rings. The van der Waals surface area contributed by atoms with Crippen molar-refractivity contribution in [2.45, 2.75) is 46.6 Å². The first kappa shape index (κ1) is 26.0. The SMILES string of the molecule is COc1cccc(C2/C(=C(\O)c3cc(C(C)C)c(OC)cc3C)C(=O)C(=O)N2c2cc(C)ccc2C)c1. The number of methoxy groups -OCH3 is 2. The second-order valence-electron chi connectivity index (χ2n) is 9.80. The Bertz CT molecular complexity index is 1420. The number of amides is 1. The van der Waals surface area contributed by atoms with Crippen LogP contribution in [-0.4, -0.2) is 31.0 Å². The predicted molar refractivity (Wildman–Crippen MR) is 146 cm³/mol. The van der Waals surface area contributed by atoms with Gasteiger partial charge in [-0.15, -0.1) is 0 Å². The van der Waals surface area contributed by atoms with Crippen LogP contribution in [0.2, 0.25) is 0 Å². The standard InChI is InChI=1S/C31H33NO5/c1-17(2)23-16-24(20(5)14-26(23)37-7)29(33)27-28(21-9-8-10-22(15-21)36-6)32(31(35)30(27)34)25-13-18(3)11-12-19(25)4/h8-17,28,33H,1-7H3/b29-27+. The third-order valence-electron chi connectivity index (χ3n) is 6.93. The van der Waals surface area contributed by atoms with Gasteiger partial charge in [0.05, 0.1) is 25.8 Å². The summed E-state index contributed by atoms with van der Waals surface area (Å²) in [7, 11) is 3.17. The summed E-state index contributed by atoms with van der Waals surface area (Å²) < 4.78 is 11.0. The first-order valence-corrected chi connectivity index (χ1v) is 12.3. The molecule has 0 aliphatic carbocycles. The summed E-state index contributed by atoms with van der Waals surface area (Å²) in [6.07, 6.45) is 0. The van der Waals surface area contributed by atoms with Gasteiger partial charge in [0, 0.05) is 11.3 Å². The number of benzene rings is 3. The molecule has 192 valence electrons. The fourth-order valence-electron chi connectivity index (χ4n) is 4.91. The van der Waals surface area contributed by atoms with Crippen LogP contribution < -0.4 is 14.4 Å². The van der Waals surface area contributed by atoms with Crippen LogP contribution >= 0.6 is 0 Å². The summed E-state index contributed by atoms with van der Waals surface area (Å²) >= 11 is 0. The smallest absolute Gasteiger partial charge is 0.300 e. The summed E-state index contributed by atoms with van der Waals surface area (Å²) in [5.41, 5.74) is 5.28. The van der Waals surface area contributed by atoms with Crippen molar-refractivity contribution in [2.24, 2.45) is 0 Å². The molecule has 1 amide bonds. The Morgan fingerprint density at radius 2 is 1.65 bits per heavy atom. The molecular weight excluding hydrogens is 466 g/mol. The van der Waals surface area contributed by atoms with Gasteiger partial charge in [-0.2, -0.15) is 0 Å². The van der Waals surface area contributed by atoms with Crippen molar-refractivity contribution >= 4 is 23.1 Å². The van der Waals surface area contributed by atoms with Crippen molar-refractivity contribution in [1.29, 1.82) is 0 Å². The molecule has 1 saturated heterocycles. The number of hydrogen-bond acceptors (Lipinski definition) is 5. The minimum atomic E-state index is -0.834. The molecule has 1 atom stereocenters. The first-order valence-electron chi connectivity index (χ1n) is 12.3. The van der Waals surface area contributed by atoms with E-state index < -0.39 is 17.7 Å². The van der Waals surface area contributed by atoms with Crippen LogP contribution in [0.15, 0.2) is 60.2 Å². The lowest BCUT2D eigenvalue weighted by atomic mass is 9.90. The van der Waals surface area contributed by atoms with Crippen molar-refractivity contribution in [2.75, 3.05) is 19.1 Å². The number of anilines is 1. The molecule has 0 aromatic heterocycles. The van der Waals surface area contributed by atoms with Gasteiger partial charge in [0.15, 0.2) is 0 Å². The van der Waals surface area contributed by atoms with Crippen LogP contribution in [0.4, 0.5) is 5.69 Å². The number of hydrogen-bond donors (Lipinski definition) is 1.